The molecule has 0 heterocycles. The number of amides is 1. The Bertz CT molecular complexity index is 617. The van der Waals surface area contributed by atoms with Gasteiger partial charge in [-0.15, -0.1) is 6.58 Å². The van der Waals surface area contributed by atoms with Crippen LogP contribution in [0.3, 0.4) is 0 Å². The maximum atomic E-state index is 11.9. The zero-order chi connectivity index (χ0) is 15.9. The highest BCUT2D eigenvalue weighted by Crippen LogP contribution is 2.18. The second-order valence-corrected chi connectivity index (χ2v) is 6.16. The van der Waals surface area contributed by atoms with Crippen LogP contribution in [0.25, 0.3) is 0 Å². The zero-order valence-corrected chi connectivity index (χ0v) is 12.9. The minimum Gasteiger partial charge on any atom is -0.379 e. The van der Waals surface area contributed by atoms with Crippen molar-refractivity contribution in [3.05, 3.63) is 41.4 Å². The Hall–Kier alpha value is -1.41. The van der Waals surface area contributed by atoms with E-state index in [1.807, 2.05) is 0 Å². The highest BCUT2D eigenvalue weighted by molar-refractivity contribution is 7.89. The smallest absolute Gasteiger partial charge is 0.251 e. The molecule has 3 N–H and O–H groups in total. The van der Waals surface area contributed by atoms with Crippen LogP contribution in [-0.2, 0) is 14.8 Å². The lowest BCUT2D eigenvalue weighted by Crippen LogP contribution is -2.27. The Kier molecular flexibility index (Phi) is 6.83. The van der Waals surface area contributed by atoms with Gasteiger partial charge in [0.25, 0.3) is 5.91 Å². The molecular weight excluding hydrogens is 316 g/mol. The fourth-order valence-electron chi connectivity index (χ4n) is 1.47. The van der Waals surface area contributed by atoms with Crippen LogP contribution in [0.1, 0.15) is 16.8 Å². The summed E-state index contributed by atoms with van der Waals surface area (Å²) < 4.78 is 27.8. The third-order valence-electron chi connectivity index (χ3n) is 2.46. The molecule has 1 aromatic rings. The molecule has 0 aliphatic carbocycles. The fraction of sp³-hybridized carbons (Fsp3) is 0.308. The van der Waals surface area contributed by atoms with Crippen LogP contribution in [0, 0.1) is 0 Å². The molecule has 21 heavy (non-hydrogen) atoms. The third-order valence-corrected chi connectivity index (χ3v) is 3.57. The van der Waals surface area contributed by atoms with Gasteiger partial charge in [-0.1, -0.05) is 17.7 Å². The summed E-state index contributed by atoms with van der Waals surface area (Å²) in [6, 6.07) is 3.73. The number of nitrogens with two attached hydrogens (primary N) is 1. The standard InChI is InChI=1S/C13H17ClN2O4S/c1-2-3-5-20-6-4-16-13(17)10-7-11(14)9-12(8-10)21(15,18)19/h2,7-9H,1,3-6H2,(H,16,17)(H2,15,18,19). The zero-order valence-electron chi connectivity index (χ0n) is 11.3. The first kappa shape index (κ1) is 17.6. The molecule has 8 heteroatoms. The van der Waals surface area contributed by atoms with Crippen molar-refractivity contribution in [2.45, 2.75) is 11.3 Å². The molecule has 0 bridgehead atoms. The van der Waals surface area contributed by atoms with Crippen molar-refractivity contribution in [3.63, 3.8) is 0 Å². The molecule has 1 rings (SSSR count). The van der Waals surface area contributed by atoms with Crippen LogP contribution in [-0.4, -0.2) is 34.1 Å². The summed E-state index contributed by atoms with van der Waals surface area (Å²) in [6.45, 7) is 4.74. The topological polar surface area (TPSA) is 98.5 Å². The first-order valence-corrected chi connectivity index (χ1v) is 8.07. The first-order chi connectivity index (χ1) is 9.84. The van der Waals surface area contributed by atoms with Crippen LogP contribution in [0.4, 0.5) is 0 Å². The summed E-state index contributed by atoms with van der Waals surface area (Å²) in [4.78, 5) is 11.7. The van der Waals surface area contributed by atoms with Crippen molar-refractivity contribution < 1.29 is 17.9 Å². The lowest BCUT2D eigenvalue weighted by atomic mass is 10.2. The van der Waals surface area contributed by atoms with Gasteiger partial charge in [-0.3, -0.25) is 4.79 Å². The second-order valence-electron chi connectivity index (χ2n) is 4.17. The van der Waals surface area contributed by atoms with Crippen LogP contribution in [0.5, 0.6) is 0 Å². The van der Waals surface area contributed by atoms with Gasteiger partial charge >= 0.3 is 0 Å². The first-order valence-electron chi connectivity index (χ1n) is 6.15. The van der Waals surface area contributed by atoms with Gasteiger partial charge in [-0.05, 0) is 24.6 Å². The Labute approximate surface area is 129 Å². The molecule has 0 spiro atoms. The number of rotatable bonds is 8. The molecule has 0 radical (unpaired) electrons. The van der Waals surface area contributed by atoms with Crippen LogP contribution >= 0.6 is 11.6 Å². The summed E-state index contributed by atoms with van der Waals surface area (Å²) in [6.07, 6.45) is 2.47. The third kappa shape index (κ3) is 6.26. The van der Waals surface area contributed by atoms with Gasteiger partial charge < -0.3 is 10.1 Å². The average Bonchev–Trinajstić information content (AvgIpc) is 2.40. The molecule has 0 unspecified atom stereocenters. The lowest BCUT2D eigenvalue weighted by Gasteiger charge is -2.07. The maximum Gasteiger partial charge on any atom is 0.251 e. The van der Waals surface area contributed by atoms with Gasteiger partial charge in [0.1, 0.15) is 0 Å². The minimum atomic E-state index is -3.92. The summed E-state index contributed by atoms with van der Waals surface area (Å²) >= 11 is 5.78. The minimum absolute atomic E-state index is 0.119. The monoisotopic (exact) mass is 332 g/mol. The number of carbonyl (C=O) groups is 1. The van der Waals surface area contributed by atoms with Crippen molar-refractivity contribution in [2.75, 3.05) is 19.8 Å². The Morgan fingerprint density at radius 2 is 2.10 bits per heavy atom. The predicted octanol–water partition coefficient (Wildman–Crippen LogP) is 1.31. The molecule has 6 nitrogen and oxygen atoms in total. The Morgan fingerprint density at radius 3 is 2.71 bits per heavy atom. The van der Waals surface area contributed by atoms with Crippen LogP contribution in [0.15, 0.2) is 35.7 Å². The maximum absolute atomic E-state index is 11.9. The summed E-state index contributed by atoms with van der Waals surface area (Å²) in [7, 11) is -3.92. The number of halogens is 1. The molecular formula is C13H17ClN2O4S. The quantitative estimate of drug-likeness (QED) is 0.554. The number of benzene rings is 1. The highest BCUT2D eigenvalue weighted by atomic mass is 35.5. The Morgan fingerprint density at radius 1 is 1.38 bits per heavy atom. The molecule has 0 aliphatic rings. The van der Waals surface area contributed by atoms with Gasteiger partial charge in [0.15, 0.2) is 0 Å². The average molecular weight is 333 g/mol. The van der Waals surface area contributed by atoms with Crippen molar-refractivity contribution in [3.8, 4) is 0 Å². The van der Waals surface area contributed by atoms with Crippen molar-refractivity contribution in [1.82, 2.24) is 5.32 Å². The lowest BCUT2D eigenvalue weighted by molar-refractivity contribution is 0.0917. The number of hydrogen-bond acceptors (Lipinski definition) is 4. The predicted molar refractivity (Wildman–Crippen MR) is 80.8 cm³/mol. The molecule has 1 aromatic carbocycles. The molecule has 1 amide bonds. The normalized spacial score (nSPS) is 11.1. The SMILES string of the molecule is C=CCCOCCNC(=O)c1cc(Cl)cc(S(N)(=O)=O)c1. The molecule has 0 fully saturated rings. The number of ether oxygens (including phenoxy) is 1. The van der Waals surface area contributed by atoms with Gasteiger partial charge in [0.2, 0.25) is 10.0 Å². The van der Waals surface area contributed by atoms with Gasteiger partial charge in [0.05, 0.1) is 18.1 Å². The van der Waals surface area contributed by atoms with E-state index in [0.29, 0.717) is 19.8 Å². The molecule has 0 saturated heterocycles. The van der Waals surface area contributed by atoms with Gasteiger partial charge in [0, 0.05) is 17.1 Å². The van der Waals surface area contributed by atoms with Crippen molar-refractivity contribution in [2.24, 2.45) is 5.14 Å². The number of nitrogens with one attached hydrogen (secondary N) is 1. The van der Waals surface area contributed by atoms with Crippen LogP contribution in [0.2, 0.25) is 5.02 Å². The molecule has 0 saturated carbocycles. The second kappa shape index (κ2) is 8.14. The molecule has 0 aromatic heterocycles. The van der Waals surface area contributed by atoms with E-state index in [0.717, 1.165) is 6.42 Å². The Balaban J connectivity index is 2.62. The van der Waals surface area contributed by atoms with E-state index in [4.69, 9.17) is 21.5 Å². The van der Waals surface area contributed by atoms with E-state index in [1.165, 1.54) is 18.2 Å². The van der Waals surface area contributed by atoms with E-state index in [2.05, 4.69) is 11.9 Å². The fourth-order valence-corrected chi connectivity index (χ4v) is 2.35. The van der Waals surface area contributed by atoms with Crippen LogP contribution < -0.4 is 10.5 Å². The van der Waals surface area contributed by atoms with Crippen molar-refractivity contribution in [1.29, 1.82) is 0 Å². The molecule has 0 atom stereocenters. The van der Waals surface area contributed by atoms with E-state index < -0.39 is 15.9 Å². The molecule has 116 valence electrons. The van der Waals surface area contributed by atoms with E-state index >= 15 is 0 Å². The summed E-state index contributed by atoms with van der Waals surface area (Å²) in [5, 5.41) is 7.73. The molecule has 0 aliphatic heterocycles. The van der Waals surface area contributed by atoms with Gasteiger partial charge in [-0.2, -0.15) is 0 Å². The van der Waals surface area contributed by atoms with E-state index in [-0.39, 0.29) is 15.5 Å². The van der Waals surface area contributed by atoms with Gasteiger partial charge in [-0.25, -0.2) is 13.6 Å². The largest absolute Gasteiger partial charge is 0.379 e. The number of hydrogen-bond donors (Lipinski definition) is 2. The van der Waals surface area contributed by atoms with E-state index in [1.54, 1.807) is 6.08 Å². The van der Waals surface area contributed by atoms with Crippen molar-refractivity contribution >= 4 is 27.5 Å². The number of carbonyl (C=O) groups excluding carboxylic acids is 1. The number of primary sulfonamides is 1. The number of sulfonamides is 1. The highest BCUT2D eigenvalue weighted by Gasteiger charge is 2.14. The summed E-state index contributed by atoms with van der Waals surface area (Å²) in [5.74, 6) is -0.449. The summed E-state index contributed by atoms with van der Waals surface area (Å²) in [5.41, 5.74) is 0.123. The van der Waals surface area contributed by atoms with E-state index in [9.17, 15) is 13.2 Å².